The van der Waals surface area contributed by atoms with E-state index in [0.29, 0.717) is 0 Å². The Morgan fingerprint density at radius 3 is 2.25 bits per heavy atom. The third-order valence-electron chi connectivity index (χ3n) is 1.78. The average Bonchev–Trinajstić information content (AvgIpc) is 1.57. The quantitative estimate of drug-likeness (QED) is 0.529. The van der Waals surface area contributed by atoms with Crippen molar-refractivity contribution in [1.82, 2.24) is 0 Å². The number of primary amides is 1. The van der Waals surface area contributed by atoms with Gasteiger partial charge in [-0.3, -0.25) is 4.79 Å². The number of carbonyl (C=O) groups is 1. The molecule has 1 saturated carbocycles. The van der Waals surface area contributed by atoms with Gasteiger partial charge >= 0.3 is 0 Å². The van der Waals surface area contributed by atoms with E-state index in [1.54, 1.807) is 0 Å². The number of carbonyl (C=O) groups excluding carboxylic acids is 1. The van der Waals surface area contributed by atoms with E-state index in [0.717, 1.165) is 18.8 Å². The fraction of sp³-hybridized carbons (Fsp3) is 0.833. The molecule has 0 aromatic carbocycles. The molecule has 46 valence electrons. The van der Waals surface area contributed by atoms with Crippen molar-refractivity contribution in [2.45, 2.75) is 19.8 Å². The molecule has 0 radical (unpaired) electrons. The van der Waals surface area contributed by atoms with Crippen molar-refractivity contribution in [3.05, 3.63) is 0 Å². The van der Waals surface area contributed by atoms with E-state index in [1.807, 2.05) is 0 Å². The minimum absolute atomic E-state index is 0.122. The Morgan fingerprint density at radius 2 is 2.12 bits per heavy atom. The molecule has 2 heteroatoms. The Bertz CT molecular complexity index is 105. The van der Waals surface area contributed by atoms with E-state index >= 15 is 0 Å². The summed E-state index contributed by atoms with van der Waals surface area (Å²) in [7, 11) is 0. The van der Waals surface area contributed by atoms with Gasteiger partial charge in [-0.05, 0) is 18.8 Å². The van der Waals surface area contributed by atoms with Crippen LogP contribution in [0.2, 0.25) is 0 Å². The molecule has 0 aromatic rings. The summed E-state index contributed by atoms with van der Waals surface area (Å²) < 4.78 is 0. The van der Waals surface area contributed by atoms with Crippen LogP contribution < -0.4 is 5.73 Å². The van der Waals surface area contributed by atoms with Crippen LogP contribution in [0, 0.1) is 11.8 Å². The normalized spacial score (nSPS) is 36.1. The second-order valence-electron chi connectivity index (χ2n) is 2.68. The highest BCUT2D eigenvalue weighted by molar-refractivity contribution is 5.77. The monoisotopic (exact) mass is 113 g/mol. The summed E-state index contributed by atoms with van der Waals surface area (Å²) >= 11 is 0. The van der Waals surface area contributed by atoms with E-state index in [9.17, 15) is 4.79 Å². The van der Waals surface area contributed by atoms with Crippen LogP contribution in [-0.2, 0) is 4.79 Å². The summed E-state index contributed by atoms with van der Waals surface area (Å²) in [5.41, 5.74) is 5.02. The van der Waals surface area contributed by atoms with E-state index < -0.39 is 0 Å². The molecule has 1 amide bonds. The molecule has 0 saturated heterocycles. The van der Waals surface area contributed by atoms with E-state index in [-0.39, 0.29) is 11.8 Å². The SMILES string of the molecule is CC1CC(C(N)=O)C1. The Hall–Kier alpha value is -0.530. The lowest BCUT2D eigenvalue weighted by molar-refractivity contribution is -0.125. The molecule has 8 heavy (non-hydrogen) atoms. The van der Waals surface area contributed by atoms with Crippen molar-refractivity contribution in [2.75, 3.05) is 0 Å². The Balaban J connectivity index is 2.25. The van der Waals surface area contributed by atoms with E-state index in [4.69, 9.17) is 5.73 Å². The minimum atomic E-state index is -0.122. The van der Waals surface area contributed by atoms with Gasteiger partial charge < -0.3 is 5.73 Å². The second kappa shape index (κ2) is 1.77. The third kappa shape index (κ3) is 0.831. The largest absolute Gasteiger partial charge is 0.369 e. The summed E-state index contributed by atoms with van der Waals surface area (Å²) in [4.78, 5) is 10.3. The van der Waals surface area contributed by atoms with Crippen LogP contribution in [0.25, 0.3) is 0 Å². The number of hydrogen-bond donors (Lipinski definition) is 1. The fourth-order valence-electron chi connectivity index (χ4n) is 1.13. The van der Waals surface area contributed by atoms with E-state index in [1.165, 1.54) is 0 Å². The molecule has 2 N–H and O–H groups in total. The predicted molar refractivity (Wildman–Crippen MR) is 31.1 cm³/mol. The lowest BCUT2D eigenvalue weighted by Gasteiger charge is -2.29. The summed E-state index contributed by atoms with van der Waals surface area (Å²) in [6.45, 7) is 2.14. The van der Waals surface area contributed by atoms with Gasteiger partial charge in [0, 0.05) is 5.92 Å². The topological polar surface area (TPSA) is 43.1 Å². The van der Waals surface area contributed by atoms with Crippen molar-refractivity contribution in [2.24, 2.45) is 17.6 Å². The maximum atomic E-state index is 10.3. The van der Waals surface area contributed by atoms with Crippen LogP contribution >= 0.6 is 0 Å². The first-order chi connectivity index (χ1) is 3.70. The molecular formula is C6H11NO. The zero-order chi connectivity index (χ0) is 6.15. The van der Waals surface area contributed by atoms with Gasteiger partial charge in [0.25, 0.3) is 0 Å². The molecule has 0 aliphatic heterocycles. The van der Waals surface area contributed by atoms with Crippen molar-refractivity contribution in [3.8, 4) is 0 Å². The summed E-state index contributed by atoms with van der Waals surface area (Å²) in [6, 6.07) is 0. The summed E-state index contributed by atoms with van der Waals surface area (Å²) in [5.74, 6) is 0.806. The highest BCUT2D eigenvalue weighted by Crippen LogP contribution is 2.32. The van der Waals surface area contributed by atoms with Crippen LogP contribution in [0.15, 0.2) is 0 Å². The van der Waals surface area contributed by atoms with Gasteiger partial charge in [0.05, 0.1) is 0 Å². The lowest BCUT2D eigenvalue weighted by Crippen LogP contribution is -2.33. The van der Waals surface area contributed by atoms with Crippen LogP contribution in [0.3, 0.4) is 0 Å². The standard InChI is InChI=1S/C6H11NO/c1-4-2-5(3-4)6(7)8/h4-5H,2-3H2,1H3,(H2,7,8). The Labute approximate surface area is 49.1 Å². The smallest absolute Gasteiger partial charge is 0.220 e. The van der Waals surface area contributed by atoms with Crippen molar-refractivity contribution < 1.29 is 4.79 Å². The van der Waals surface area contributed by atoms with Gasteiger partial charge in [-0.25, -0.2) is 0 Å². The summed E-state index contributed by atoms with van der Waals surface area (Å²) in [6.07, 6.45) is 2.02. The number of rotatable bonds is 1. The van der Waals surface area contributed by atoms with Gasteiger partial charge in [0.2, 0.25) is 5.91 Å². The van der Waals surface area contributed by atoms with Crippen LogP contribution in [0.1, 0.15) is 19.8 Å². The highest BCUT2D eigenvalue weighted by Gasteiger charge is 2.29. The maximum absolute atomic E-state index is 10.3. The number of hydrogen-bond acceptors (Lipinski definition) is 1. The first kappa shape index (κ1) is 5.60. The third-order valence-corrected chi connectivity index (χ3v) is 1.78. The van der Waals surface area contributed by atoms with E-state index in [2.05, 4.69) is 6.92 Å². The molecule has 0 atom stereocenters. The summed E-state index contributed by atoms with van der Waals surface area (Å²) in [5, 5.41) is 0. The second-order valence-corrected chi connectivity index (χ2v) is 2.68. The Morgan fingerprint density at radius 1 is 1.62 bits per heavy atom. The first-order valence-corrected chi connectivity index (χ1v) is 2.99. The molecule has 1 rings (SSSR count). The van der Waals surface area contributed by atoms with Crippen LogP contribution in [0.5, 0.6) is 0 Å². The zero-order valence-corrected chi connectivity index (χ0v) is 5.05. The molecule has 0 unspecified atom stereocenters. The molecule has 2 nitrogen and oxygen atoms in total. The molecule has 0 aromatic heterocycles. The minimum Gasteiger partial charge on any atom is -0.369 e. The predicted octanol–water partition coefficient (Wildman–Crippen LogP) is 0.518. The van der Waals surface area contributed by atoms with Gasteiger partial charge in [0.1, 0.15) is 0 Å². The van der Waals surface area contributed by atoms with Gasteiger partial charge in [-0.2, -0.15) is 0 Å². The van der Waals surface area contributed by atoms with Gasteiger partial charge in [-0.15, -0.1) is 0 Å². The molecular weight excluding hydrogens is 102 g/mol. The number of amides is 1. The van der Waals surface area contributed by atoms with Crippen molar-refractivity contribution in [3.63, 3.8) is 0 Å². The molecule has 1 fully saturated rings. The Kier molecular flexibility index (Phi) is 1.24. The van der Waals surface area contributed by atoms with Crippen LogP contribution in [0.4, 0.5) is 0 Å². The fourth-order valence-corrected chi connectivity index (χ4v) is 1.13. The van der Waals surface area contributed by atoms with Crippen molar-refractivity contribution in [1.29, 1.82) is 0 Å². The lowest BCUT2D eigenvalue weighted by atomic mass is 9.76. The molecule has 1 aliphatic carbocycles. The van der Waals surface area contributed by atoms with Crippen molar-refractivity contribution >= 4 is 5.91 Å². The highest BCUT2D eigenvalue weighted by atomic mass is 16.1. The maximum Gasteiger partial charge on any atom is 0.220 e. The average molecular weight is 113 g/mol. The molecule has 0 spiro atoms. The molecule has 1 aliphatic rings. The van der Waals surface area contributed by atoms with Gasteiger partial charge in [0.15, 0.2) is 0 Å². The zero-order valence-electron chi connectivity index (χ0n) is 5.05. The van der Waals surface area contributed by atoms with Crippen LogP contribution in [-0.4, -0.2) is 5.91 Å². The molecule has 0 heterocycles. The number of nitrogens with two attached hydrogens (primary N) is 1. The first-order valence-electron chi connectivity index (χ1n) is 2.99. The van der Waals surface area contributed by atoms with Gasteiger partial charge in [-0.1, -0.05) is 6.92 Å². The molecule has 0 bridgehead atoms.